The van der Waals surface area contributed by atoms with Crippen molar-refractivity contribution in [2.24, 2.45) is 11.3 Å². The van der Waals surface area contributed by atoms with E-state index in [2.05, 4.69) is 34.6 Å². The van der Waals surface area contributed by atoms with Crippen LogP contribution < -0.4 is 22.3 Å². The Morgan fingerprint density at radius 1 is 1.22 bits per heavy atom. The van der Waals surface area contributed by atoms with Crippen LogP contribution in [0.25, 0.3) is 0 Å². The summed E-state index contributed by atoms with van der Waals surface area (Å²) in [4.78, 5) is 8.13. The molecule has 1 aliphatic carbocycles. The molecule has 6 heteroatoms. The van der Waals surface area contributed by atoms with Gasteiger partial charge >= 0.3 is 0 Å². The molecule has 2 rings (SSSR count). The van der Waals surface area contributed by atoms with Gasteiger partial charge in [-0.1, -0.05) is 13.8 Å². The van der Waals surface area contributed by atoms with Crippen LogP contribution in [-0.2, 0) is 0 Å². The Kier molecular flexibility index (Phi) is 3.56. The summed E-state index contributed by atoms with van der Waals surface area (Å²) in [5.41, 5.74) is 8.58. The fourth-order valence-corrected chi connectivity index (χ4v) is 2.37. The second-order valence-corrected chi connectivity index (χ2v) is 5.72. The molecule has 6 N–H and O–H groups in total. The second-order valence-electron chi connectivity index (χ2n) is 5.72. The van der Waals surface area contributed by atoms with Crippen LogP contribution in [-0.4, -0.2) is 16.0 Å². The Balaban J connectivity index is 2.00. The predicted octanol–water partition coefficient (Wildman–Crippen LogP) is 1.73. The Morgan fingerprint density at radius 2 is 1.83 bits per heavy atom. The second kappa shape index (κ2) is 4.97. The molecule has 6 nitrogen and oxygen atoms in total. The molecule has 0 atom stereocenters. The summed E-state index contributed by atoms with van der Waals surface area (Å²) in [6.45, 7) is 4.64. The molecule has 1 fully saturated rings. The summed E-state index contributed by atoms with van der Waals surface area (Å²) < 4.78 is 0. The van der Waals surface area contributed by atoms with Gasteiger partial charge in [-0.05, 0) is 31.1 Å². The lowest BCUT2D eigenvalue weighted by atomic mass is 9.75. The van der Waals surface area contributed by atoms with Crippen molar-refractivity contribution in [1.29, 1.82) is 0 Å². The SMILES string of the molecule is CC1(C)CCC(Nc2cc(NN)nc(N)n2)CC1. The first-order valence-corrected chi connectivity index (χ1v) is 6.36. The van der Waals surface area contributed by atoms with Crippen molar-refractivity contribution in [3.8, 4) is 0 Å². The van der Waals surface area contributed by atoms with Crippen molar-refractivity contribution in [3.63, 3.8) is 0 Å². The van der Waals surface area contributed by atoms with Crippen LogP contribution in [0.3, 0.4) is 0 Å². The summed E-state index contributed by atoms with van der Waals surface area (Å²) in [5, 5.41) is 3.41. The van der Waals surface area contributed by atoms with E-state index in [0.29, 0.717) is 17.3 Å². The fourth-order valence-electron chi connectivity index (χ4n) is 2.37. The number of hydrogen-bond acceptors (Lipinski definition) is 6. The third kappa shape index (κ3) is 3.22. The molecule has 0 radical (unpaired) electrons. The van der Waals surface area contributed by atoms with Crippen LogP contribution in [0, 0.1) is 5.41 Å². The largest absolute Gasteiger partial charge is 0.368 e. The smallest absolute Gasteiger partial charge is 0.223 e. The molecule has 1 saturated carbocycles. The quantitative estimate of drug-likeness (QED) is 0.481. The highest BCUT2D eigenvalue weighted by Crippen LogP contribution is 2.36. The minimum absolute atomic E-state index is 0.226. The van der Waals surface area contributed by atoms with Gasteiger partial charge in [0.25, 0.3) is 0 Å². The van der Waals surface area contributed by atoms with Crippen LogP contribution in [0.15, 0.2) is 6.07 Å². The fraction of sp³-hybridized carbons (Fsp3) is 0.667. The average molecular weight is 250 g/mol. The van der Waals surface area contributed by atoms with Crippen molar-refractivity contribution in [2.75, 3.05) is 16.5 Å². The molecule has 0 amide bonds. The molecular weight excluding hydrogens is 228 g/mol. The van der Waals surface area contributed by atoms with Crippen LogP contribution in [0.1, 0.15) is 39.5 Å². The lowest BCUT2D eigenvalue weighted by Crippen LogP contribution is -2.30. The molecule has 1 aliphatic rings. The molecule has 1 aromatic heterocycles. The summed E-state index contributed by atoms with van der Waals surface area (Å²) in [7, 11) is 0. The number of aromatic nitrogens is 2. The van der Waals surface area contributed by atoms with Gasteiger partial charge in [0.1, 0.15) is 11.6 Å². The molecule has 0 unspecified atom stereocenters. The molecule has 18 heavy (non-hydrogen) atoms. The van der Waals surface area contributed by atoms with Crippen LogP contribution >= 0.6 is 0 Å². The Bertz CT molecular complexity index is 407. The Hall–Kier alpha value is -1.56. The van der Waals surface area contributed by atoms with Crippen molar-refractivity contribution in [2.45, 2.75) is 45.6 Å². The average Bonchev–Trinajstić information content (AvgIpc) is 2.31. The van der Waals surface area contributed by atoms with Gasteiger partial charge in [0.15, 0.2) is 0 Å². The molecule has 1 heterocycles. The van der Waals surface area contributed by atoms with Crippen LogP contribution in [0.2, 0.25) is 0 Å². The van der Waals surface area contributed by atoms with E-state index in [1.807, 2.05) is 0 Å². The summed E-state index contributed by atoms with van der Waals surface area (Å²) in [6, 6.07) is 2.23. The van der Waals surface area contributed by atoms with Gasteiger partial charge < -0.3 is 16.5 Å². The van der Waals surface area contributed by atoms with Gasteiger partial charge in [-0.15, -0.1) is 0 Å². The van der Waals surface area contributed by atoms with Crippen LogP contribution in [0.4, 0.5) is 17.6 Å². The van der Waals surface area contributed by atoms with Crippen molar-refractivity contribution < 1.29 is 0 Å². The maximum Gasteiger partial charge on any atom is 0.223 e. The van der Waals surface area contributed by atoms with Gasteiger partial charge in [0.2, 0.25) is 5.95 Å². The first-order chi connectivity index (χ1) is 8.48. The lowest BCUT2D eigenvalue weighted by Gasteiger charge is -2.34. The van der Waals surface area contributed by atoms with Crippen molar-refractivity contribution in [1.82, 2.24) is 9.97 Å². The molecule has 1 aromatic rings. The van der Waals surface area contributed by atoms with Crippen LogP contribution in [0.5, 0.6) is 0 Å². The monoisotopic (exact) mass is 250 g/mol. The van der Waals surface area contributed by atoms with Gasteiger partial charge in [-0.25, -0.2) is 5.84 Å². The zero-order valence-corrected chi connectivity index (χ0v) is 11.0. The van der Waals surface area contributed by atoms with Crippen molar-refractivity contribution >= 4 is 17.6 Å². The molecular formula is C12H22N6. The highest BCUT2D eigenvalue weighted by atomic mass is 15.3. The van der Waals surface area contributed by atoms with Gasteiger partial charge in [0.05, 0.1) is 0 Å². The summed E-state index contributed by atoms with van der Waals surface area (Å²) in [6.07, 6.45) is 4.77. The number of hydrazine groups is 1. The van der Waals surface area contributed by atoms with E-state index in [0.717, 1.165) is 18.7 Å². The Labute approximate surface area is 108 Å². The minimum Gasteiger partial charge on any atom is -0.368 e. The highest BCUT2D eigenvalue weighted by molar-refractivity contribution is 5.50. The molecule has 0 aromatic carbocycles. The number of nitrogens with two attached hydrogens (primary N) is 2. The Morgan fingerprint density at radius 3 is 2.44 bits per heavy atom. The summed E-state index contributed by atoms with van der Waals surface area (Å²) >= 11 is 0. The van der Waals surface area contributed by atoms with E-state index in [-0.39, 0.29) is 5.95 Å². The molecule has 100 valence electrons. The third-order valence-electron chi connectivity index (χ3n) is 3.58. The van der Waals surface area contributed by atoms with E-state index in [1.54, 1.807) is 6.07 Å². The van der Waals surface area contributed by atoms with E-state index < -0.39 is 0 Å². The van der Waals surface area contributed by atoms with Gasteiger partial charge in [-0.2, -0.15) is 9.97 Å². The number of nitrogen functional groups attached to an aromatic ring is 2. The zero-order chi connectivity index (χ0) is 13.2. The molecule has 0 aliphatic heterocycles. The van der Waals surface area contributed by atoms with E-state index in [9.17, 15) is 0 Å². The van der Waals surface area contributed by atoms with Gasteiger partial charge in [0, 0.05) is 12.1 Å². The summed E-state index contributed by atoms with van der Waals surface area (Å²) in [5.74, 6) is 6.82. The third-order valence-corrected chi connectivity index (χ3v) is 3.58. The van der Waals surface area contributed by atoms with E-state index in [1.165, 1.54) is 12.8 Å². The van der Waals surface area contributed by atoms with E-state index in [4.69, 9.17) is 11.6 Å². The molecule has 0 saturated heterocycles. The number of nitrogens with zero attached hydrogens (tertiary/aromatic N) is 2. The van der Waals surface area contributed by atoms with Gasteiger partial charge in [-0.3, -0.25) is 0 Å². The van der Waals surface area contributed by atoms with E-state index >= 15 is 0 Å². The van der Waals surface area contributed by atoms with Crippen molar-refractivity contribution in [3.05, 3.63) is 6.07 Å². The lowest BCUT2D eigenvalue weighted by molar-refractivity contribution is 0.232. The first-order valence-electron chi connectivity index (χ1n) is 6.36. The number of nitrogens with one attached hydrogen (secondary N) is 2. The number of rotatable bonds is 3. The zero-order valence-electron chi connectivity index (χ0n) is 11.0. The maximum absolute atomic E-state index is 5.63. The molecule has 0 spiro atoms. The first kappa shape index (κ1) is 12.9. The minimum atomic E-state index is 0.226. The normalized spacial score (nSPS) is 19.5. The standard InChI is InChI=1S/C12H22N6/c1-12(2)5-3-8(4-6-12)15-9-7-10(18-14)17-11(13)16-9/h7-8H,3-6,14H2,1-2H3,(H4,13,15,16,17,18). The number of hydrogen-bond donors (Lipinski definition) is 4. The molecule has 0 bridgehead atoms. The predicted molar refractivity (Wildman–Crippen MR) is 73.9 cm³/mol. The maximum atomic E-state index is 5.63. The number of anilines is 3. The highest BCUT2D eigenvalue weighted by Gasteiger charge is 2.26. The topological polar surface area (TPSA) is 102 Å².